The van der Waals surface area contributed by atoms with Crippen LogP contribution in [0.1, 0.15) is 0 Å². The van der Waals surface area contributed by atoms with Crippen LogP contribution in [0.4, 0.5) is 0 Å². The molecule has 0 unspecified atom stereocenters. The van der Waals surface area contributed by atoms with Gasteiger partial charge in [0.25, 0.3) is 0 Å². The van der Waals surface area contributed by atoms with Crippen molar-refractivity contribution in [3.05, 3.63) is 152 Å². The van der Waals surface area contributed by atoms with Crippen LogP contribution in [-0.4, -0.2) is 15.0 Å². The van der Waals surface area contributed by atoms with Crippen LogP contribution in [0.15, 0.2) is 160 Å². The Labute approximate surface area is 274 Å². The molecule has 0 radical (unpaired) electrons. The van der Waals surface area contributed by atoms with E-state index in [2.05, 4.69) is 66.7 Å². The molecule has 0 N–H and O–H groups in total. The zero-order valence-corrected chi connectivity index (χ0v) is 25.6. The van der Waals surface area contributed by atoms with Gasteiger partial charge in [0.05, 0.1) is 0 Å². The van der Waals surface area contributed by atoms with Gasteiger partial charge in [-0.1, -0.05) is 115 Å². The van der Waals surface area contributed by atoms with E-state index in [9.17, 15) is 0 Å². The third kappa shape index (κ3) is 4.15. The Morgan fingerprint density at radius 1 is 0.354 bits per heavy atom. The van der Waals surface area contributed by atoms with Gasteiger partial charge in [0.2, 0.25) is 0 Å². The molecule has 48 heavy (non-hydrogen) atoms. The maximum atomic E-state index is 6.56. The number of benzene rings is 7. The van der Waals surface area contributed by atoms with E-state index in [1.807, 2.05) is 84.9 Å². The average molecular weight is 616 g/mol. The van der Waals surface area contributed by atoms with Crippen LogP contribution in [0.5, 0.6) is 0 Å². The molecule has 0 saturated carbocycles. The topological polar surface area (TPSA) is 65.0 Å². The molecule has 5 heteroatoms. The lowest BCUT2D eigenvalue weighted by Crippen LogP contribution is -2.00. The van der Waals surface area contributed by atoms with Gasteiger partial charge in [-0.25, -0.2) is 15.0 Å². The minimum absolute atomic E-state index is 0.589. The summed E-state index contributed by atoms with van der Waals surface area (Å²) in [6.07, 6.45) is 0. The standard InChI is InChI=1S/C43H25N3O2/c1-3-11-26(12-4-1)31-22-23-34(39-33-16-8-10-18-36(33)48-40(31)39)43-45-41(27-13-5-2-6-14-27)44-42(46-43)29-19-21-30-28(25-29)20-24-37-38(30)32-15-7-9-17-35(32)47-37/h1-25H. The summed E-state index contributed by atoms with van der Waals surface area (Å²) < 4.78 is 12.7. The van der Waals surface area contributed by atoms with E-state index in [-0.39, 0.29) is 0 Å². The number of fused-ring (bicyclic) bond motifs is 8. The van der Waals surface area contributed by atoms with Gasteiger partial charge in [0.1, 0.15) is 22.3 Å². The zero-order valence-electron chi connectivity index (χ0n) is 25.6. The molecule has 0 bridgehead atoms. The van der Waals surface area contributed by atoms with Crippen molar-refractivity contribution < 1.29 is 8.83 Å². The predicted octanol–water partition coefficient (Wildman–Crippen LogP) is 11.5. The number of nitrogens with zero attached hydrogens (tertiary/aromatic N) is 3. The first-order chi connectivity index (χ1) is 23.8. The van der Waals surface area contributed by atoms with E-state index in [0.717, 1.165) is 82.5 Å². The second kappa shape index (κ2) is 10.5. The van der Waals surface area contributed by atoms with Crippen molar-refractivity contribution >= 4 is 54.6 Å². The van der Waals surface area contributed by atoms with E-state index in [4.69, 9.17) is 23.8 Å². The molecule has 7 aromatic carbocycles. The van der Waals surface area contributed by atoms with E-state index in [0.29, 0.717) is 17.5 Å². The summed E-state index contributed by atoms with van der Waals surface area (Å²) in [6.45, 7) is 0. The Balaban J connectivity index is 1.22. The molecule has 0 fully saturated rings. The minimum Gasteiger partial charge on any atom is -0.456 e. The molecule has 0 spiro atoms. The molecule has 0 aliphatic heterocycles. The number of hydrogen-bond donors (Lipinski definition) is 0. The minimum atomic E-state index is 0.589. The lowest BCUT2D eigenvalue weighted by Gasteiger charge is -2.11. The van der Waals surface area contributed by atoms with Crippen molar-refractivity contribution in [3.8, 4) is 45.3 Å². The highest BCUT2D eigenvalue weighted by Crippen LogP contribution is 2.42. The van der Waals surface area contributed by atoms with Crippen LogP contribution in [0.2, 0.25) is 0 Å². The number of furan rings is 2. The quantitative estimate of drug-likeness (QED) is 0.197. The van der Waals surface area contributed by atoms with Crippen molar-refractivity contribution in [2.45, 2.75) is 0 Å². The summed E-state index contributed by atoms with van der Waals surface area (Å²) >= 11 is 0. The fourth-order valence-corrected chi connectivity index (χ4v) is 6.89. The van der Waals surface area contributed by atoms with Crippen LogP contribution in [0, 0.1) is 0 Å². The van der Waals surface area contributed by atoms with Crippen LogP contribution >= 0.6 is 0 Å². The molecule has 10 aromatic rings. The largest absolute Gasteiger partial charge is 0.456 e. The van der Waals surface area contributed by atoms with Gasteiger partial charge in [0.15, 0.2) is 17.5 Å². The normalized spacial score (nSPS) is 11.8. The predicted molar refractivity (Wildman–Crippen MR) is 194 cm³/mol. The highest BCUT2D eigenvalue weighted by atomic mass is 16.3. The summed E-state index contributed by atoms with van der Waals surface area (Å²) in [5.41, 5.74) is 8.22. The summed E-state index contributed by atoms with van der Waals surface area (Å²) in [5, 5.41) is 6.44. The summed E-state index contributed by atoms with van der Waals surface area (Å²) in [4.78, 5) is 15.3. The van der Waals surface area contributed by atoms with Gasteiger partial charge in [-0.15, -0.1) is 0 Å². The summed E-state index contributed by atoms with van der Waals surface area (Å²) in [5.74, 6) is 1.80. The monoisotopic (exact) mass is 615 g/mol. The average Bonchev–Trinajstić information content (AvgIpc) is 3.74. The molecular weight excluding hydrogens is 590 g/mol. The number of para-hydroxylation sites is 2. The van der Waals surface area contributed by atoms with Gasteiger partial charge in [0, 0.05) is 43.8 Å². The molecular formula is C43H25N3O2. The fraction of sp³-hybridized carbons (Fsp3) is 0. The third-order valence-corrected chi connectivity index (χ3v) is 9.14. The maximum absolute atomic E-state index is 6.56. The summed E-state index contributed by atoms with van der Waals surface area (Å²) in [6, 6.07) is 51.5. The molecule has 5 nitrogen and oxygen atoms in total. The van der Waals surface area contributed by atoms with E-state index >= 15 is 0 Å². The van der Waals surface area contributed by atoms with Crippen molar-refractivity contribution in [1.29, 1.82) is 0 Å². The lowest BCUT2D eigenvalue weighted by molar-refractivity contribution is 0.669. The molecule has 0 atom stereocenters. The van der Waals surface area contributed by atoms with Gasteiger partial charge < -0.3 is 8.83 Å². The van der Waals surface area contributed by atoms with Crippen LogP contribution < -0.4 is 0 Å². The third-order valence-electron chi connectivity index (χ3n) is 9.14. The molecule has 0 amide bonds. The Morgan fingerprint density at radius 3 is 1.73 bits per heavy atom. The molecule has 10 rings (SSSR count). The van der Waals surface area contributed by atoms with Crippen LogP contribution in [0.3, 0.4) is 0 Å². The molecule has 3 heterocycles. The van der Waals surface area contributed by atoms with Crippen LogP contribution in [-0.2, 0) is 0 Å². The molecule has 224 valence electrons. The SMILES string of the molecule is c1ccc(-c2nc(-c3ccc4c(ccc5oc6ccccc6c54)c3)nc(-c3ccc(-c4ccccc4)c4oc5ccccc5c34)n2)cc1. The molecule has 0 aliphatic carbocycles. The molecule has 0 saturated heterocycles. The van der Waals surface area contributed by atoms with Crippen LogP contribution in [0.25, 0.3) is 99.9 Å². The van der Waals surface area contributed by atoms with Gasteiger partial charge >= 0.3 is 0 Å². The van der Waals surface area contributed by atoms with Gasteiger partial charge in [-0.05, 0) is 52.7 Å². The second-order valence-electron chi connectivity index (χ2n) is 12.0. The highest BCUT2D eigenvalue weighted by Gasteiger charge is 2.21. The number of aromatic nitrogens is 3. The van der Waals surface area contributed by atoms with E-state index in [1.165, 1.54) is 0 Å². The maximum Gasteiger partial charge on any atom is 0.164 e. The van der Waals surface area contributed by atoms with E-state index < -0.39 is 0 Å². The first-order valence-electron chi connectivity index (χ1n) is 15.9. The second-order valence-corrected chi connectivity index (χ2v) is 12.0. The molecule has 3 aromatic heterocycles. The highest BCUT2D eigenvalue weighted by molar-refractivity contribution is 6.19. The lowest BCUT2D eigenvalue weighted by atomic mass is 9.98. The first kappa shape index (κ1) is 26.6. The zero-order chi connectivity index (χ0) is 31.6. The summed E-state index contributed by atoms with van der Waals surface area (Å²) in [7, 11) is 0. The molecule has 0 aliphatic rings. The number of hydrogen-bond acceptors (Lipinski definition) is 5. The van der Waals surface area contributed by atoms with Gasteiger partial charge in [-0.2, -0.15) is 0 Å². The smallest absolute Gasteiger partial charge is 0.164 e. The first-order valence-corrected chi connectivity index (χ1v) is 15.9. The Kier molecular flexibility index (Phi) is 5.81. The Hall–Kier alpha value is -6.59. The Morgan fingerprint density at radius 2 is 0.958 bits per heavy atom. The van der Waals surface area contributed by atoms with Crippen molar-refractivity contribution in [2.24, 2.45) is 0 Å². The fourth-order valence-electron chi connectivity index (χ4n) is 6.89. The van der Waals surface area contributed by atoms with Crippen molar-refractivity contribution in [2.75, 3.05) is 0 Å². The van der Waals surface area contributed by atoms with E-state index in [1.54, 1.807) is 0 Å². The van der Waals surface area contributed by atoms with Crippen molar-refractivity contribution in [3.63, 3.8) is 0 Å². The number of rotatable bonds is 4. The van der Waals surface area contributed by atoms with Crippen molar-refractivity contribution in [1.82, 2.24) is 15.0 Å². The Bertz CT molecular complexity index is 2840. The van der Waals surface area contributed by atoms with Gasteiger partial charge in [-0.3, -0.25) is 0 Å².